The van der Waals surface area contributed by atoms with Gasteiger partial charge in [-0.15, -0.1) is 10.2 Å². The minimum Gasteiger partial charge on any atom is -0.260 e. The third-order valence-electron chi connectivity index (χ3n) is 3.36. The monoisotopic (exact) mass is 322 g/mol. The van der Waals surface area contributed by atoms with Gasteiger partial charge in [-0.05, 0) is 29.8 Å². The molecule has 0 fully saturated rings. The van der Waals surface area contributed by atoms with Crippen molar-refractivity contribution >= 4 is 38.3 Å². The Balaban J connectivity index is 1.65. The zero-order valence-corrected chi connectivity index (χ0v) is 13.1. The van der Waals surface area contributed by atoms with Crippen molar-refractivity contribution in [1.29, 1.82) is 5.26 Å². The maximum Gasteiger partial charge on any atom is 0.217 e. The molecule has 4 nitrogen and oxygen atoms in total. The van der Waals surface area contributed by atoms with Crippen LogP contribution < -0.4 is 0 Å². The van der Waals surface area contributed by atoms with E-state index in [0.717, 1.165) is 21.4 Å². The van der Waals surface area contributed by atoms with Crippen molar-refractivity contribution in [2.75, 3.05) is 0 Å². The van der Waals surface area contributed by atoms with Crippen LogP contribution in [-0.2, 0) is 5.75 Å². The summed E-state index contributed by atoms with van der Waals surface area (Å²) in [6, 6.07) is 18.0. The van der Waals surface area contributed by atoms with Crippen LogP contribution in [0.2, 0.25) is 0 Å². The molecule has 0 aliphatic heterocycles. The predicted molar refractivity (Wildman–Crippen MR) is 89.1 cm³/mol. The summed E-state index contributed by atoms with van der Waals surface area (Å²) in [5.74, 6) is 0.802. The zero-order chi connectivity index (χ0) is 14.9. The second kappa shape index (κ2) is 5.44. The van der Waals surface area contributed by atoms with Gasteiger partial charge in [0.25, 0.3) is 0 Å². The lowest BCUT2D eigenvalue weighted by Gasteiger charge is -2.00. The number of rotatable bonds is 3. The second-order valence-electron chi connectivity index (χ2n) is 4.77. The maximum atomic E-state index is 8.83. The van der Waals surface area contributed by atoms with Gasteiger partial charge in [-0.1, -0.05) is 47.4 Å². The second-order valence-corrected chi connectivity index (χ2v) is 6.72. The first-order chi connectivity index (χ1) is 10.8. The Labute approximate surface area is 135 Å². The third kappa shape index (κ3) is 2.25. The maximum absolute atomic E-state index is 8.83. The standard InChI is InChI=1S/C16H10N4S2/c17-9-11-5-7-12(8-6-11)10-21-15-18-19-16-20(15)13-3-1-2-4-14(13)22-16/h1-8H,10H2. The number of fused-ring (bicyclic) bond motifs is 3. The van der Waals surface area contributed by atoms with Gasteiger partial charge in [-0.3, -0.25) is 4.40 Å². The Hall–Kier alpha value is -2.36. The zero-order valence-electron chi connectivity index (χ0n) is 11.4. The first-order valence-electron chi connectivity index (χ1n) is 6.69. The van der Waals surface area contributed by atoms with Gasteiger partial charge in [0.1, 0.15) is 0 Å². The van der Waals surface area contributed by atoms with E-state index >= 15 is 0 Å². The first kappa shape index (κ1) is 13.3. The summed E-state index contributed by atoms with van der Waals surface area (Å²) in [6.45, 7) is 0. The molecule has 0 spiro atoms. The van der Waals surface area contributed by atoms with Gasteiger partial charge in [-0.2, -0.15) is 5.26 Å². The van der Waals surface area contributed by atoms with Gasteiger partial charge in [-0.25, -0.2) is 0 Å². The third-order valence-corrected chi connectivity index (χ3v) is 5.37. The molecular formula is C16H10N4S2. The van der Waals surface area contributed by atoms with Crippen LogP contribution in [0.4, 0.5) is 0 Å². The largest absolute Gasteiger partial charge is 0.260 e. The van der Waals surface area contributed by atoms with E-state index in [-0.39, 0.29) is 0 Å². The average Bonchev–Trinajstić information content (AvgIpc) is 3.12. The van der Waals surface area contributed by atoms with Crippen LogP contribution in [0.3, 0.4) is 0 Å². The number of thiazole rings is 1. The van der Waals surface area contributed by atoms with E-state index in [0.29, 0.717) is 5.56 Å². The molecule has 4 aromatic rings. The first-order valence-corrected chi connectivity index (χ1v) is 8.50. The van der Waals surface area contributed by atoms with Crippen molar-refractivity contribution in [3.63, 3.8) is 0 Å². The lowest BCUT2D eigenvalue weighted by Crippen LogP contribution is -1.87. The Bertz CT molecular complexity index is 993. The highest BCUT2D eigenvalue weighted by Gasteiger charge is 2.12. The Morgan fingerprint density at radius 2 is 1.91 bits per heavy atom. The Kier molecular flexibility index (Phi) is 3.29. The van der Waals surface area contributed by atoms with Gasteiger partial charge in [0, 0.05) is 5.75 Å². The summed E-state index contributed by atoms with van der Waals surface area (Å²) < 4.78 is 3.32. The Morgan fingerprint density at radius 1 is 1.09 bits per heavy atom. The average molecular weight is 322 g/mol. The topological polar surface area (TPSA) is 54.0 Å². The van der Waals surface area contributed by atoms with Crippen molar-refractivity contribution in [1.82, 2.24) is 14.6 Å². The molecule has 0 atom stereocenters. The van der Waals surface area contributed by atoms with Crippen molar-refractivity contribution in [3.8, 4) is 6.07 Å². The highest BCUT2D eigenvalue weighted by molar-refractivity contribution is 7.98. The molecule has 0 unspecified atom stereocenters. The van der Waals surface area contributed by atoms with Gasteiger partial charge in [0.05, 0.1) is 21.8 Å². The van der Waals surface area contributed by atoms with E-state index in [2.05, 4.69) is 32.8 Å². The molecule has 2 aromatic heterocycles. The molecule has 0 radical (unpaired) electrons. The SMILES string of the molecule is N#Cc1ccc(CSc2nnc3sc4ccccc4n23)cc1. The molecule has 0 saturated carbocycles. The van der Waals surface area contributed by atoms with E-state index in [9.17, 15) is 0 Å². The fraction of sp³-hybridized carbons (Fsp3) is 0.0625. The van der Waals surface area contributed by atoms with Crippen molar-refractivity contribution in [3.05, 3.63) is 59.7 Å². The van der Waals surface area contributed by atoms with E-state index in [1.807, 2.05) is 36.4 Å². The molecule has 2 heterocycles. The minimum absolute atomic E-state index is 0.683. The number of benzene rings is 2. The lowest BCUT2D eigenvalue weighted by atomic mass is 10.2. The highest BCUT2D eigenvalue weighted by Crippen LogP contribution is 2.30. The number of nitrogens with zero attached hydrogens (tertiary/aromatic N) is 4. The van der Waals surface area contributed by atoms with E-state index in [1.165, 1.54) is 10.3 Å². The summed E-state index contributed by atoms with van der Waals surface area (Å²) in [5, 5.41) is 18.3. The van der Waals surface area contributed by atoms with Crippen LogP contribution in [0.25, 0.3) is 15.2 Å². The van der Waals surface area contributed by atoms with Crippen molar-refractivity contribution in [2.24, 2.45) is 0 Å². The number of aromatic nitrogens is 3. The molecule has 0 aliphatic carbocycles. The van der Waals surface area contributed by atoms with Gasteiger partial charge in [0.15, 0.2) is 5.16 Å². The van der Waals surface area contributed by atoms with Crippen LogP contribution in [0.1, 0.15) is 11.1 Å². The van der Waals surface area contributed by atoms with Gasteiger partial charge >= 0.3 is 0 Å². The van der Waals surface area contributed by atoms with Crippen LogP contribution >= 0.6 is 23.1 Å². The summed E-state index contributed by atoms with van der Waals surface area (Å²) in [6.07, 6.45) is 0. The summed E-state index contributed by atoms with van der Waals surface area (Å²) in [4.78, 5) is 0.920. The van der Waals surface area contributed by atoms with Crippen molar-refractivity contribution in [2.45, 2.75) is 10.9 Å². The molecule has 0 saturated heterocycles. The predicted octanol–water partition coefficient (Wildman–Crippen LogP) is 4.11. The molecule has 22 heavy (non-hydrogen) atoms. The minimum atomic E-state index is 0.683. The van der Waals surface area contributed by atoms with Gasteiger partial charge in [0.2, 0.25) is 4.96 Å². The smallest absolute Gasteiger partial charge is 0.217 e. The number of hydrogen-bond donors (Lipinski definition) is 0. The normalized spacial score (nSPS) is 11.0. The molecule has 0 amide bonds. The fourth-order valence-corrected chi connectivity index (χ4v) is 4.20. The number of hydrogen-bond acceptors (Lipinski definition) is 5. The molecule has 0 bridgehead atoms. The molecule has 0 aliphatic rings. The quantitative estimate of drug-likeness (QED) is 0.533. The molecule has 4 rings (SSSR count). The molecular weight excluding hydrogens is 312 g/mol. The van der Waals surface area contributed by atoms with Crippen molar-refractivity contribution < 1.29 is 0 Å². The number of para-hydroxylation sites is 1. The van der Waals surface area contributed by atoms with Crippen LogP contribution in [0.5, 0.6) is 0 Å². The molecule has 2 aromatic carbocycles. The summed E-state index contributed by atoms with van der Waals surface area (Å²) >= 11 is 3.30. The molecule has 0 N–H and O–H groups in total. The van der Waals surface area contributed by atoms with Crippen LogP contribution in [0, 0.1) is 11.3 Å². The Morgan fingerprint density at radius 3 is 2.73 bits per heavy atom. The highest BCUT2D eigenvalue weighted by atomic mass is 32.2. The molecule has 6 heteroatoms. The molecule has 106 valence electrons. The van der Waals surface area contributed by atoms with Gasteiger partial charge < -0.3 is 0 Å². The fourth-order valence-electron chi connectivity index (χ4n) is 2.27. The lowest BCUT2D eigenvalue weighted by molar-refractivity contribution is 0.940. The number of thioether (sulfide) groups is 1. The summed E-state index contributed by atoms with van der Waals surface area (Å²) in [7, 11) is 0. The van der Waals surface area contributed by atoms with Crippen LogP contribution in [0.15, 0.2) is 53.7 Å². The van der Waals surface area contributed by atoms with E-state index in [4.69, 9.17) is 5.26 Å². The van der Waals surface area contributed by atoms with E-state index < -0.39 is 0 Å². The van der Waals surface area contributed by atoms with E-state index in [1.54, 1.807) is 23.1 Å². The summed E-state index contributed by atoms with van der Waals surface area (Å²) in [5.41, 5.74) is 3.00. The van der Waals surface area contributed by atoms with Crippen LogP contribution in [-0.4, -0.2) is 14.6 Å². The number of nitriles is 1.